The number of likely N-dealkylation sites (tertiary alicyclic amines) is 1. The molecule has 1 saturated heterocycles. The molecule has 0 bridgehead atoms. The van der Waals surface area contributed by atoms with Crippen molar-refractivity contribution in [2.45, 2.75) is 33.1 Å². The second-order valence-electron chi connectivity index (χ2n) is 5.50. The number of hydrogen-bond acceptors (Lipinski definition) is 2. The number of carboxylic acids is 1. The normalized spacial score (nSPS) is 18.9. The Kier molecular flexibility index (Phi) is 4.37. The van der Waals surface area contributed by atoms with Crippen molar-refractivity contribution in [1.82, 2.24) is 9.80 Å². The molecule has 0 spiro atoms. The molecule has 0 radical (unpaired) electrons. The maximum Gasteiger partial charge on any atom is 0.319 e. The van der Waals surface area contributed by atoms with Gasteiger partial charge in [0.25, 0.3) is 0 Å². The first-order valence-corrected chi connectivity index (χ1v) is 6.04. The van der Waals surface area contributed by atoms with E-state index < -0.39 is 5.97 Å². The summed E-state index contributed by atoms with van der Waals surface area (Å²) in [6, 6.07) is -0.0539. The Morgan fingerprint density at radius 2 is 1.82 bits per heavy atom. The van der Waals surface area contributed by atoms with Crippen molar-refractivity contribution < 1.29 is 14.7 Å². The van der Waals surface area contributed by atoms with Crippen molar-refractivity contribution in [1.29, 1.82) is 0 Å². The van der Waals surface area contributed by atoms with Crippen molar-refractivity contribution in [3.63, 3.8) is 0 Å². The largest absolute Gasteiger partial charge is 0.481 e. The third kappa shape index (κ3) is 4.24. The zero-order valence-corrected chi connectivity index (χ0v) is 10.9. The van der Waals surface area contributed by atoms with E-state index >= 15 is 0 Å². The summed E-state index contributed by atoms with van der Waals surface area (Å²) in [5.74, 6) is -0.871. The molecule has 0 aromatic heterocycles. The highest BCUT2D eigenvalue weighted by molar-refractivity contribution is 5.75. The van der Waals surface area contributed by atoms with Gasteiger partial charge in [-0.2, -0.15) is 0 Å². The molecule has 0 saturated carbocycles. The summed E-state index contributed by atoms with van der Waals surface area (Å²) in [5.41, 5.74) is 0.316. The summed E-state index contributed by atoms with van der Waals surface area (Å²) in [4.78, 5) is 25.7. The minimum Gasteiger partial charge on any atom is -0.481 e. The summed E-state index contributed by atoms with van der Waals surface area (Å²) >= 11 is 0. The average Bonchev–Trinajstić information content (AvgIpc) is 2.25. The van der Waals surface area contributed by atoms with E-state index in [1.807, 2.05) is 4.90 Å². The third-order valence-corrected chi connectivity index (χ3v) is 3.38. The number of aliphatic carboxylic acids is 1. The number of rotatable bonds is 3. The first kappa shape index (κ1) is 13.8. The van der Waals surface area contributed by atoms with Crippen molar-refractivity contribution in [2.75, 3.05) is 26.7 Å². The van der Waals surface area contributed by atoms with Crippen molar-refractivity contribution in [3.8, 4) is 0 Å². The van der Waals surface area contributed by atoms with Gasteiger partial charge >= 0.3 is 12.0 Å². The highest BCUT2D eigenvalue weighted by Crippen LogP contribution is 2.29. The lowest BCUT2D eigenvalue weighted by Crippen LogP contribution is -2.47. The fraction of sp³-hybridized carbons (Fsp3) is 0.833. The molecule has 1 fully saturated rings. The molecule has 0 aromatic carbocycles. The molecular formula is C12H22N2O3. The molecule has 1 N–H and O–H groups in total. The molecule has 0 atom stereocenters. The number of amides is 2. The molecule has 17 heavy (non-hydrogen) atoms. The standard InChI is InChI=1S/C12H22N2O3/c1-12(2)5-8-14(9-6-12)11(17)13(3)7-4-10(15)16/h4-9H2,1-3H3,(H,15,16). The zero-order valence-electron chi connectivity index (χ0n) is 10.9. The van der Waals surface area contributed by atoms with E-state index in [9.17, 15) is 9.59 Å². The van der Waals surface area contributed by atoms with Crippen LogP contribution in [0.25, 0.3) is 0 Å². The summed E-state index contributed by atoms with van der Waals surface area (Å²) in [6.07, 6.45) is 2.01. The van der Waals surface area contributed by atoms with Crippen LogP contribution in [0.1, 0.15) is 33.1 Å². The minimum atomic E-state index is -0.871. The van der Waals surface area contributed by atoms with Crippen LogP contribution in [0.2, 0.25) is 0 Å². The molecule has 5 heteroatoms. The topological polar surface area (TPSA) is 60.9 Å². The number of carbonyl (C=O) groups is 2. The Bertz CT molecular complexity index is 292. The quantitative estimate of drug-likeness (QED) is 0.818. The fourth-order valence-electron chi connectivity index (χ4n) is 1.90. The van der Waals surface area contributed by atoms with Crippen LogP contribution in [0.15, 0.2) is 0 Å². The van der Waals surface area contributed by atoms with Crippen molar-refractivity contribution in [2.24, 2.45) is 5.41 Å². The summed E-state index contributed by atoms with van der Waals surface area (Å²) < 4.78 is 0. The predicted molar refractivity (Wildman–Crippen MR) is 64.9 cm³/mol. The monoisotopic (exact) mass is 242 g/mol. The van der Waals surface area contributed by atoms with Crippen LogP contribution in [0.3, 0.4) is 0 Å². The van der Waals surface area contributed by atoms with Crippen LogP contribution in [0.5, 0.6) is 0 Å². The van der Waals surface area contributed by atoms with Gasteiger partial charge in [0.05, 0.1) is 6.42 Å². The molecule has 98 valence electrons. The first-order chi connectivity index (χ1) is 7.82. The molecular weight excluding hydrogens is 220 g/mol. The second kappa shape index (κ2) is 5.38. The lowest BCUT2D eigenvalue weighted by atomic mass is 9.83. The van der Waals surface area contributed by atoms with Crippen LogP contribution >= 0.6 is 0 Å². The highest BCUT2D eigenvalue weighted by Gasteiger charge is 2.29. The van der Waals surface area contributed by atoms with Gasteiger partial charge in [-0.3, -0.25) is 4.79 Å². The summed E-state index contributed by atoms with van der Waals surface area (Å²) in [7, 11) is 1.66. The van der Waals surface area contributed by atoms with Crippen LogP contribution in [-0.4, -0.2) is 53.6 Å². The number of nitrogens with zero attached hydrogens (tertiary/aromatic N) is 2. The van der Waals surface area contributed by atoms with Crippen LogP contribution in [0.4, 0.5) is 4.79 Å². The van der Waals surface area contributed by atoms with Gasteiger partial charge in [-0.05, 0) is 18.3 Å². The Morgan fingerprint density at radius 1 is 1.29 bits per heavy atom. The molecule has 1 aliphatic heterocycles. The average molecular weight is 242 g/mol. The van der Waals surface area contributed by atoms with Gasteiger partial charge in [-0.1, -0.05) is 13.8 Å². The number of carbonyl (C=O) groups excluding carboxylic acids is 1. The highest BCUT2D eigenvalue weighted by atomic mass is 16.4. The third-order valence-electron chi connectivity index (χ3n) is 3.38. The summed E-state index contributed by atoms with van der Waals surface area (Å²) in [6.45, 7) is 6.23. The Hall–Kier alpha value is -1.26. The Morgan fingerprint density at radius 3 is 2.29 bits per heavy atom. The molecule has 5 nitrogen and oxygen atoms in total. The molecule has 0 aromatic rings. The summed E-state index contributed by atoms with van der Waals surface area (Å²) in [5, 5.41) is 8.57. The maximum absolute atomic E-state index is 12.0. The smallest absolute Gasteiger partial charge is 0.319 e. The van der Waals surface area contributed by atoms with Gasteiger partial charge in [0.15, 0.2) is 0 Å². The van der Waals surface area contributed by atoms with E-state index in [0.717, 1.165) is 25.9 Å². The number of urea groups is 1. The fourth-order valence-corrected chi connectivity index (χ4v) is 1.90. The zero-order chi connectivity index (χ0) is 13.1. The van der Waals surface area contributed by atoms with Crippen LogP contribution < -0.4 is 0 Å². The molecule has 0 unspecified atom stereocenters. The number of carboxylic acid groups (broad SMARTS) is 1. The Labute approximate surface area is 102 Å². The van der Waals surface area contributed by atoms with E-state index in [4.69, 9.17) is 5.11 Å². The van der Waals surface area contributed by atoms with Crippen LogP contribution in [0, 0.1) is 5.41 Å². The maximum atomic E-state index is 12.0. The molecule has 0 aliphatic carbocycles. The first-order valence-electron chi connectivity index (χ1n) is 6.04. The van der Waals surface area contributed by atoms with Gasteiger partial charge in [-0.25, -0.2) is 4.79 Å². The predicted octanol–water partition coefficient (Wildman–Crippen LogP) is 1.63. The molecule has 2 amide bonds. The van der Waals surface area contributed by atoms with Gasteiger partial charge in [0, 0.05) is 26.7 Å². The van der Waals surface area contributed by atoms with E-state index in [0.29, 0.717) is 5.41 Å². The van der Waals surface area contributed by atoms with Crippen LogP contribution in [-0.2, 0) is 4.79 Å². The SMILES string of the molecule is CN(CCC(=O)O)C(=O)N1CCC(C)(C)CC1. The lowest BCUT2D eigenvalue weighted by molar-refractivity contribution is -0.137. The van der Waals surface area contributed by atoms with Gasteiger partial charge in [-0.15, -0.1) is 0 Å². The van der Waals surface area contributed by atoms with E-state index in [2.05, 4.69) is 13.8 Å². The van der Waals surface area contributed by atoms with E-state index in [1.165, 1.54) is 4.90 Å². The van der Waals surface area contributed by atoms with Crippen molar-refractivity contribution >= 4 is 12.0 Å². The van der Waals surface area contributed by atoms with E-state index in [-0.39, 0.29) is 19.0 Å². The van der Waals surface area contributed by atoms with Gasteiger partial charge in [0.1, 0.15) is 0 Å². The lowest BCUT2D eigenvalue weighted by Gasteiger charge is -2.38. The van der Waals surface area contributed by atoms with E-state index in [1.54, 1.807) is 7.05 Å². The number of piperidine rings is 1. The minimum absolute atomic E-state index is 0.00156. The Balaban J connectivity index is 2.40. The van der Waals surface area contributed by atoms with Gasteiger partial charge in [0.2, 0.25) is 0 Å². The van der Waals surface area contributed by atoms with Gasteiger partial charge < -0.3 is 14.9 Å². The molecule has 1 heterocycles. The number of hydrogen-bond donors (Lipinski definition) is 1. The van der Waals surface area contributed by atoms with Crippen molar-refractivity contribution in [3.05, 3.63) is 0 Å². The molecule has 1 aliphatic rings. The second-order valence-corrected chi connectivity index (χ2v) is 5.50. The molecule has 1 rings (SSSR count).